The number of methoxy groups -OCH3 is 1. The molecule has 5 heteroatoms. The van der Waals surface area contributed by atoms with Gasteiger partial charge in [0, 0.05) is 30.5 Å². The molecule has 1 N–H and O–H groups in total. The highest BCUT2D eigenvalue weighted by atomic mass is 32.2. The monoisotopic (exact) mass is 246 g/mol. The summed E-state index contributed by atoms with van der Waals surface area (Å²) in [5.74, 6) is 1.13. The van der Waals surface area contributed by atoms with Crippen LogP contribution in [0.15, 0.2) is 9.72 Å². The fraction of sp³-hybridized carbons (Fsp3) is 0.700. The van der Waals surface area contributed by atoms with E-state index in [0.717, 1.165) is 31.1 Å². The van der Waals surface area contributed by atoms with Gasteiger partial charge in [-0.05, 0) is 19.9 Å². The zero-order valence-corrected chi connectivity index (χ0v) is 10.9. The number of ether oxygens (including phenoxy) is 1. The van der Waals surface area contributed by atoms with Crippen LogP contribution in [-0.4, -0.2) is 37.5 Å². The predicted molar refractivity (Wildman–Crippen MR) is 66.9 cm³/mol. The van der Waals surface area contributed by atoms with Crippen LogP contribution >= 0.6 is 23.1 Å². The standard InChI is InChI=1S/C10H18N2OS2/c1-9-8-15-10(12-9)14-7-3-4-11-5-6-13-2/h8,11H,3-7H2,1-2H3. The zero-order valence-electron chi connectivity index (χ0n) is 9.28. The zero-order chi connectivity index (χ0) is 10.9. The van der Waals surface area contributed by atoms with E-state index in [2.05, 4.69) is 15.7 Å². The summed E-state index contributed by atoms with van der Waals surface area (Å²) in [5, 5.41) is 5.42. The molecule has 0 amide bonds. The van der Waals surface area contributed by atoms with E-state index in [4.69, 9.17) is 4.74 Å². The first-order valence-electron chi connectivity index (χ1n) is 5.07. The van der Waals surface area contributed by atoms with Gasteiger partial charge in [-0.1, -0.05) is 11.8 Å². The van der Waals surface area contributed by atoms with Crippen LogP contribution in [0.25, 0.3) is 0 Å². The molecule has 0 aliphatic heterocycles. The molecular formula is C10H18N2OS2. The number of rotatable bonds is 8. The molecule has 0 saturated heterocycles. The Kier molecular flexibility index (Phi) is 7.00. The molecule has 0 radical (unpaired) electrons. The van der Waals surface area contributed by atoms with E-state index in [9.17, 15) is 0 Å². The fourth-order valence-corrected chi connectivity index (χ4v) is 2.91. The van der Waals surface area contributed by atoms with Gasteiger partial charge in [0.1, 0.15) is 4.34 Å². The van der Waals surface area contributed by atoms with Gasteiger partial charge in [-0.25, -0.2) is 4.98 Å². The molecule has 0 aliphatic rings. The number of thiazole rings is 1. The molecule has 0 aliphatic carbocycles. The molecule has 1 aromatic rings. The van der Waals surface area contributed by atoms with E-state index in [1.165, 1.54) is 10.8 Å². The minimum atomic E-state index is 0.790. The van der Waals surface area contributed by atoms with Gasteiger partial charge < -0.3 is 10.1 Å². The second-order valence-electron chi connectivity index (χ2n) is 3.20. The third-order valence-corrected chi connectivity index (χ3v) is 4.03. The molecular weight excluding hydrogens is 228 g/mol. The summed E-state index contributed by atoms with van der Waals surface area (Å²) in [6.45, 7) is 4.82. The Hall–Kier alpha value is -0.100. The molecule has 0 bridgehead atoms. The highest BCUT2D eigenvalue weighted by Crippen LogP contribution is 2.22. The highest BCUT2D eigenvalue weighted by Gasteiger charge is 1.98. The van der Waals surface area contributed by atoms with Gasteiger partial charge in [-0.15, -0.1) is 11.3 Å². The Morgan fingerprint density at radius 2 is 2.40 bits per heavy atom. The smallest absolute Gasteiger partial charge is 0.150 e. The Labute approximate surface area is 99.6 Å². The first-order chi connectivity index (χ1) is 7.33. The molecule has 0 spiro atoms. The maximum absolute atomic E-state index is 4.94. The van der Waals surface area contributed by atoms with Crippen LogP contribution in [0, 0.1) is 6.92 Å². The Balaban J connectivity index is 1.93. The quantitative estimate of drug-likeness (QED) is 0.563. The van der Waals surface area contributed by atoms with Crippen LogP contribution in [0.1, 0.15) is 12.1 Å². The van der Waals surface area contributed by atoms with Gasteiger partial charge in [0.15, 0.2) is 0 Å². The van der Waals surface area contributed by atoms with Gasteiger partial charge in [-0.2, -0.15) is 0 Å². The predicted octanol–water partition coefficient (Wildman–Crippen LogP) is 2.17. The largest absolute Gasteiger partial charge is 0.383 e. The molecule has 3 nitrogen and oxygen atoms in total. The first kappa shape index (κ1) is 13.0. The van der Waals surface area contributed by atoms with Crippen molar-refractivity contribution in [2.24, 2.45) is 0 Å². The van der Waals surface area contributed by atoms with Crippen LogP contribution in [-0.2, 0) is 4.74 Å². The van der Waals surface area contributed by atoms with E-state index < -0.39 is 0 Å². The van der Waals surface area contributed by atoms with Crippen molar-refractivity contribution in [1.82, 2.24) is 10.3 Å². The van der Waals surface area contributed by atoms with Crippen LogP contribution in [0.4, 0.5) is 0 Å². The second kappa shape index (κ2) is 8.10. The third-order valence-electron chi connectivity index (χ3n) is 1.80. The lowest BCUT2D eigenvalue weighted by Crippen LogP contribution is -2.20. The maximum atomic E-state index is 4.94. The summed E-state index contributed by atoms with van der Waals surface area (Å²) in [6.07, 6.45) is 1.17. The minimum absolute atomic E-state index is 0.790. The van der Waals surface area contributed by atoms with Gasteiger partial charge >= 0.3 is 0 Å². The van der Waals surface area contributed by atoms with E-state index in [1.54, 1.807) is 18.4 Å². The molecule has 86 valence electrons. The molecule has 1 heterocycles. The number of hydrogen-bond acceptors (Lipinski definition) is 5. The SMILES string of the molecule is COCCNCCCSc1nc(C)cs1. The van der Waals surface area contributed by atoms with Crippen LogP contribution < -0.4 is 5.32 Å². The summed E-state index contributed by atoms with van der Waals surface area (Å²) >= 11 is 3.57. The molecule has 1 aromatic heterocycles. The van der Waals surface area contributed by atoms with Gasteiger partial charge in [-0.3, -0.25) is 0 Å². The summed E-state index contributed by atoms with van der Waals surface area (Å²) in [4.78, 5) is 4.40. The minimum Gasteiger partial charge on any atom is -0.383 e. The molecule has 0 saturated carbocycles. The first-order valence-corrected chi connectivity index (χ1v) is 6.94. The van der Waals surface area contributed by atoms with Gasteiger partial charge in [0.25, 0.3) is 0 Å². The van der Waals surface area contributed by atoms with Crippen molar-refractivity contribution in [2.45, 2.75) is 17.7 Å². The Morgan fingerprint density at radius 1 is 1.53 bits per heavy atom. The van der Waals surface area contributed by atoms with E-state index >= 15 is 0 Å². The average Bonchev–Trinajstić information content (AvgIpc) is 2.63. The van der Waals surface area contributed by atoms with Crippen LogP contribution in [0.5, 0.6) is 0 Å². The topological polar surface area (TPSA) is 34.1 Å². The normalized spacial score (nSPS) is 10.8. The van der Waals surface area contributed by atoms with E-state index in [1.807, 2.05) is 18.7 Å². The number of thioether (sulfide) groups is 1. The number of aryl methyl sites for hydroxylation is 1. The molecule has 0 fully saturated rings. The van der Waals surface area contributed by atoms with Crippen molar-refractivity contribution in [3.63, 3.8) is 0 Å². The summed E-state index contributed by atoms with van der Waals surface area (Å²) in [7, 11) is 1.72. The fourth-order valence-electron chi connectivity index (χ4n) is 1.05. The van der Waals surface area contributed by atoms with Gasteiger partial charge in [0.2, 0.25) is 0 Å². The number of aromatic nitrogens is 1. The lowest BCUT2D eigenvalue weighted by Gasteiger charge is -2.02. The van der Waals surface area contributed by atoms with Crippen molar-refractivity contribution in [3.05, 3.63) is 11.1 Å². The third kappa shape index (κ3) is 6.14. The number of nitrogens with zero attached hydrogens (tertiary/aromatic N) is 1. The maximum Gasteiger partial charge on any atom is 0.150 e. The van der Waals surface area contributed by atoms with Crippen molar-refractivity contribution in [2.75, 3.05) is 32.6 Å². The lowest BCUT2D eigenvalue weighted by molar-refractivity contribution is 0.199. The molecule has 15 heavy (non-hydrogen) atoms. The number of hydrogen-bond donors (Lipinski definition) is 1. The van der Waals surface area contributed by atoms with E-state index in [-0.39, 0.29) is 0 Å². The molecule has 1 rings (SSSR count). The lowest BCUT2D eigenvalue weighted by atomic mass is 10.5. The summed E-state index contributed by atoms with van der Waals surface area (Å²) in [5.41, 5.74) is 1.13. The highest BCUT2D eigenvalue weighted by molar-refractivity contribution is 8.00. The van der Waals surface area contributed by atoms with Crippen LogP contribution in [0.3, 0.4) is 0 Å². The second-order valence-corrected chi connectivity index (χ2v) is 5.40. The van der Waals surface area contributed by atoms with Gasteiger partial charge in [0.05, 0.1) is 6.61 Å². The van der Waals surface area contributed by atoms with Crippen molar-refractivity contribution < 1.29 is 4.74 Å². The average molecular weight is 246 g/mol. The molecule has 0 unspecified atom stereocenters. The Morgan fingerprint density at radius 3 is 3.07 bits per heavy atom. The van der Waals surface area contributed by atoms with Crippen molar-refractivity contribution in [3.8, 4) is 0 Å². The molecule has 0 atom stereocenters. The summed E-state index contributed by atoms with van der Waals surface area (Å²) < 4.78 is 6.13. The molecule has 0 aromatic carbocycles. The summed E-state index contributed by atoms with van der Waals surface area (Å²) in [6, 6.07) is 0. The van der Waals surface area contributed by atoms with Crippen molar-refractivity contribution in [1.29, 1.82) is 0 Å². The number of nitrogens with one attached hydrogen (secondary N) is 1. The van der Waals surface area contributed by atoms with Crippen molar-refractivity contribution >= 4 is 23.1 Å². The van der Waals surface area contributed by atoms with E-state index in [0.29, 0.717) is 0 Å². The van der Waals surface area contributed by atoms with Crippen LogP contribution in [0.2, 0.25) is 0 Å². The Bertz CT molecular complexity index is 266.